The van der Waals surface area contributed by atoms with Crippen molar-refractivity contribution >= 4 is 45.5 Å². The van der Waals surface area contributed by atoms with Crippen LogP contribution >= 0.6 is 0 Å². The van der Waals surface area contributed by atoms with Gasteiger partial charge in [0.05, 0.1) is 0 Å². The van der Waals surface area contributed by atoms with E-state index in [1.54, 1.807) is 0 Å². The summed E-state index contributed by atoms with van der Waals surface area (Å²) in [5.74, 6) is 0. The number of rotatable bonds is 8. The van der Waals surface area contributed by atoms with Gasteiger partial charge in [-0.05, 0) is 91.0 Å². The van der Waals surface area contributed by atoms with Crippen LogP contribution in [0, 0.1) is 0 Å². The Balaban J connectivity index is 1.32. The lowest BCUT2D eigenvalue weighted by atomic mass is 10.1. The molecule has 40 heavy (non-hydrogen) atoms. The van der Waals surface area contributed by atoms with E-state index in [0.29, 0.717) is 0 Å². The third-order valence-corrected chi connectivity index (χ3v) is 7.03. The summed E-state index contributed by atoms with van der Waals surface area (Å²) in [5.41, 5.74) is 8.96. The zero-order valence-corrected chi connectivity index (χ0v) is 22.5. The Morgan fingerprint density at radius 2 is 0.575 bits per heavy atom. The van der Waals surface area contributed by atoms with E-state index in [-0.39, 0.29) is 0 Å². The SMILES string of the molecule is CN(c1ccc(N(c2ccccc2)c2ccccc2)cc1)c1cccc(N(c2ccccc2)c2ccccc2)c1. The number of nitrogens with zero attached hydrogens (tertiary/aromatic N) is 3. The van der Waals surface area contributed by atoms with Crippen molar-refractivity contribution < 1.29 is 0 Å². The third-order valence-electron chi connectivity index (χ3n) is 7.03. The Morgan fingerprint density at radius 3 is 1.00 bits per heavy atom. The van der Waals surface area contributed by atoms with Gasteiger partial charge in [0.2, 0.25) is 0 Å². The minimum Gasteiger partial charge on any atom is -0.345 e. The number of anilines is 8. The van der Waals surface area contributed by atoms with Gasteiger partial charge in [-0.2, -0.15) is 0 Å². The van der Waals surface area contributed by atoms with Crippen LogP contribution in [0.2, 0.25) is 0 Å². The topological polar surface area (TPSA) is 9.72 Å². The van der Waals surface area contributed by atoms with Gasteiger partial charge in [0.1, 0.15) is 0 Å². The molecule has 0 amide bonds. The van der Waals surface area contributed by atoms with Gasteiger partial charge in [0.15, 0.2) is 0 Å². The van der Waals surface area contributed by atoms with Crippen LogP contribution in [0.1, 0.15) is 0 Å². The molecule has 0 fully saturated rings. The van der Waals surface area contributed by atoms with Gasteiger partial charge in [0, 0.05) is 52.5 Å². The predicted octanol–water partition coefficient (Wildman–Crippen LogP) is 10.4. The summed E-state index contributed by atoms with van der Waals surface area (Å²) >= 11 is 0. The van der Waals surface area contributed by atoms with Gasteiger partial charge in [-0.1, -0.05) is 78.9 Å². The first kappa shape index (κ1) is 25.0. The van der Waals surface area contributed by atoms with E-state index in [1.807, 2.05) is 0 Å². The van der Waals surface area contributed by atoms with Gasteiger partial charge in [-0.25, -0.2) is 0 Å². The normalized spacial score (nSPS) is 10.6. The molecule has 0 atom stereocenters. The van der Waals surface area contributed by atoms with Gasteiger partial charge in [-0.15, -0.1) is 0 Å². The van der Waals surface area contributed by atoms with Crippen molar-refractivity contribution in [3.63, 3.8) is 0 Å². The second-order valence-electron chi connectivity index (χ2n) is 9.61. The van der Waals surface area contributed by atoms with E-state index in [0.717, 1.165) is 45.5 Å². The average molecular weight is 518 g/mol. The number of hydrogen-bond acceptors (Lipinski definition) is 3. The van der Waals surface area contributed by atoms with Crippen molar-refractivity contribution in [2.75, 3.05) is 21.7 Å². The smallest absolute Gasteiger partial charge is 0.0482 e. The summed E-state index contributed by atoms with van der Waals surface area (Å²) in [5, 5.41) is 0. The molecule has 0 aliphatic heterocycles. The highest BCUT2D eigenvalue weighted by atomic mass is 15.2. The summed E-state index contributed by atoms with van der Waals surface area (Å²) in [4.78, 5) is 6.80. The molecule has 6 aromatic carbocycles. The van der Waals surface area contributed by atoms with Crippen molar-refractivity contribution in [2.24, 2.45) is 0 Å². The second kappa shape index (κ2) is 11.6. The molecule has 0 saturated heterocycles. The van der Waals surface area contributed by atoms with E-state index in [1.165, 1.54) is 0 Å². The lowest BCUT2D eigenvalue weighted by Gasteiger charge is -2.28. The fraction of sp³-hybridized carbons (Fsp3) is 0.0270. The zero-order chi connectivity index (χ0) is 27.1. The van der Waals surface area contributed by atoms with E-state index in [4.69, 9.17) is 0 Å². The van der Waals surface area contributed by atoms with Gasteiger partial charge >= 0.3 is 0 Å². The minimum atomic E-state index is 1.11. The van der Waals surface area contributed by atoms with E-state index in [9.17, 15) is 0 Å². The minimum absolute atomic E-state index is 1.11. The molecule has 0 aromatic heterocycles. The number of para-hydroxylation sites is 4. The van der Waals surface area contributed by atoms with Crippen LogP contribution in [0.5, 0.6) is 0 Å². The molecule has 3 nitrogen and oxygen atoms in total. The van der Waals surface area contributed by atoms with Crippen molar-refractivity contribution in [3.8, 4) is 0 Å². The monoisotopic (exact) mass is 517 g/mol. The molecule has 6 rings (SSSR count). The van der Waals surface area contributed by atoms with Gasteiger partial charge in [0.25, 0.3) is 0 Å². The maximum atomic E-state index is 2.29. The molecule has 0 spiro atoms. The van der Waals surface area contributed by atoms with Gasteiger partial charge < -0.3 is 14.7 Å². The highest BCUT2D eigenvalue weighted by Gasteiger charge is 2.15. The highest BCUT2D eigenvalue weighted by Crippen LogP contribution is 2.38. The van der Waals surface area contributed by atoms with Crippen LogP contribution in [0.3, 0.4) is 0 Å². The molecular weight excluding hydrogens is 486 g/mol. The Hall–Kier alpha value is -5.28. The maximum absolute atomic E-state index is 2.29. The number of benzene rings is 6. The molecule has 0 radical (unpaired) electrons. The summed E-state index contributed by atoms with van der Waals surface area (Å²) in [6, 6.07) is 59.4. The molecule has 0 aliphatic carbocycles. The molecule has 3 heteroatoms. The van der Waals surface area contributed by atoms with Crippen LogP contribution in [0.15, 0.2) is 170 Å². The lowest BCUT2D eigenvalue weighted by Crippen LogP contribution is -2.13. The zero-order valence-electron chi connectivity index (χ0n) is 22.5. The largest absolute Gasteiger partial charge is 0.345 e. The molecule has 0 saturated carbocycles. The molecule has 194 valence electrons. The third kappa shape index (κ3) is 5.31. The molecular formula is C37H31N3. The molecule has 0 heterocycles. The van der Waals surface area contributed by atoms with Crippen LogP contribution < -0.4 is 14.7 Å². The van der Waals surface area contributed by atoms with Crippen LogP contribution in [-0.2, 0) is 0 Å². The Morgan fingerprint density at radius 1 is 0.275 bits per heavy atom. The predicted molar refractivity (Wildman–Crippen MR) is 170 cm³/mol. The van der Waals surface area contributed by atoms with Gasteiger partial charge in [-0.3, -0.25) is 0 Å². The average Bonchev–Trinajstić information content (AvgIpc) is 3.04. The van der Waals surface area contributed by atoms with Crippen molar-refractivity contribution in [1.29, 1.82) is 0 Å². The Kier molecular flexibility index (Phi) is 7.27. The van der Waals surface area contributed by atoms with Crippen molar-refractivity contribution in [2.45, 2.75) is 0 Å². The first-order chi connectivity index (χ1) is 19.8. The standard InChI is InChI=1S/C37H31N3/c1-38(30-25-27-35(28-26-30)39(31-15-6-2-7-16-31)32-17-8-3-9-18-32)36-23-14-24-37(29-36)40(33-19-10-4-11-20-33)34-21-12-5-13-22-34/h2-29H,1H3. The maximum Gasteiger partial charge on any atom is 0.0482 e. The number of hydrogen-bond donors (Lipinski definition) is 0. The fourth-order valence-electron chi connectivity index (χ4n) is 5.02. The van der Waals surface area contributed by atoms with E-state index in [2.05, 4.69) is 192 Å². The quantitative estimate of drug-likeness (QED) is 0.199. The lowest BCUT2D eigenvalue weighted by molar-refractivity contribution is 1.19. The second-order valence-corrected chi connectivity index (χ2v) is 9.61. The van der Waals surface area contributed by atoms with Crippen molar-refractivity contribution in [3.05, 3.63) is 170 Å². The first-order valence-corrected chi connectivity index (χ1v) is 13.5. The Bertz CT molecular complexity index is 1560. The fourth-order valence-corrected chi connectivity index (χ4v) is 5.02. The van der Waals surface area contributed by atoms with E-state index >= 15 is 0 Å². The first-order valence-electron chi connectivity index (χ1n) is 13.5. The molecule has 0 N–H and O–H groups in total. The molecule has 6 aromatic rings. The van der Waals surface area contributed by atoms with Crippen LogP contribution in [-0.4, -0.2) is 7.05 Å². The Labute approximate surface area is 236 Å². The summed E-state index contributed by atoms with van der Waals surface area (Å²) in [6.45, 7) is 0. The molecule has 0 bridgehead atoms. The van der Waals surface area contributed by atoms with E-state index < -0.39 is 0 Å². The van der Waals surface area contributed by atoms with Crippen molar-refractivity contribution in [1.82, 2.24) is 0 Å². The summed E-state index contributed by atoms with van der Waals surface area (Å²) < 4.78 is 0. The van der Waals surface area contributed by atoms with Crippen LogP contribution in [0.4, 0.5) is 45.5 Å². The molecule has 0 unspecified atom stereocenters. The van der Waals surface area contributed by atoms with Crippen LogP contribution in [0.25, 0.3) is 0 Å². The summed E-state index contributed by atoms with van der Waals surface area (Å²) in [6.07, 6.45) is 0. The highest BCUT2D eigenvalue weighted by molar-refractivity contribution is 5.81. The summed E-state index contributed by atoms with van der Waals surface area (Å²) in [7, 11) is 2.12. The molecule has 0 aliphatic rings.